The Kier molecular flexibility index (Phi) is 5.46. The van der Waals surface area contributed by atoms with Crippen LogP contribution in [0, 0.1) is 0 Å². The van der Waals surface area contributed by atoms with E-state index in [-0.39, 0.29) is 29.5 Å². The molecule has 3 aromatic rings. The molecular weight excluding hydrogens is 370 g/mol. The number of fused-ring (bicyclic) bond motifs is 1. The molecule has 0 spiro atoms. The van der Waals surface area contributed by atoms with E-state index >= 15 is 0 Å². The number of anilines is 1. The topological polar surface area (TPSA) is 91.0 Å². The maximum atomic E-state index is 13.2. The van der Waals surface area contributed by atoms with Crippen molar-refractivity contribution in [1.82, 2.24) is 19.6 Å². The second-order valence-electron chi connectivity index (χ2n) is 8.27. The fourth-order valence-corrected chi connectivity index (χ4v) is 3.17. The quantitative estimate of drug-likeness (QED) is 0.714. The van der Waals surface area contributed by atoms with Gasteiger partial charge in [0.25, 0.3) is 5.56 Å². The predicted octanol–water partition coefficient (Wildman–Crippen LogP) is 3.12. The van der Waals surface area contributed by atoms with Gasteiger partial charge in [-0.15, -0.1) is 0 Å². The van der Waals surface area contributed by atoms with E-state index in [1.54, 1.807) is 42.3 Å². The summed E-state index contributed by atoms with van der Waals surface area (Å²) in [6, 6.07) is 7.04. The van der Waals surface area contributed by atoms with Crippen LogP contribution in [0.3, 0.4) is 0 Å². The number of aromatic nitrogens is 4. The zero-order chi connectivity index (χ0) is 21.3. The van der Waals surface area contributed by atoms with E-state index in [1.165, 1.54) is 4.68 Å². The van der Waals surface area contributed by atoms with Gasteiger partial charge in [0, 0.05) is 17.1 Å². The number of amides is 1. The molecule has 154 valence electrons. The number of nitrogens with zero attached hydrogens (tertiary/aromatic N) is 4. The Bertz CT molecular complexity index is 1110. The maximum absolute atomic E-state index is 13.2. The first-order valence-electron chi connectivity index (χ1n) is 9.55. The van der Waals surface area contributed by atoms with Crippen LogP contribution in [0.15, 0.2) is 35.3 Å². The Labute approximate surface area is 169 Å². The number of benzene rings is 1. The van der Waals surface area contributed by atoms with E-state index in [0.717, 1.165) is 11.1 Å². The summed E-state index contributed by atoms with van der Waals surface area (Å²) in [7, 11) is 1.56. The summed E-state index contributed by atoms with van der Waals surface area (Å²) in [5.41, 5.74) is 1.08. The van der Waals surface area contributed by atoms with E-state index < -0.39 is 0 Å². The Hall–Kier alpha value is -3.16. The molecule has 3 rings (SSSR count). The van der Waals surface area contributed by atoms with Crippen LogP contribution >= 0.6 is 0 Å². The highest BCUT2D eigenvalue weighted by molar-refractivity contribution is 5.91. The Balaban J connectivity index is 2.01. The highest BCUT2D eigenvalue weighted by Crippen LogP contribution is 2.24. The lowest BCUT2D eigenvalue weighted by Crippen LogP contribution is -2.34. The average Bonchev–Trinajstić information content (AvgIpc) is 3.09. The fraction of sp³-hybridized carbons (Fsp3) is 0.429. The number of carbonyl (C=O) groups excluding carboxylic acids is 1. The van der Waals surface area contributed by atoms with Crippen LogP contribution in [0.1, 0.15) is 46.2 Å². The van der Waals surface area contributed by atoms with Crippen molar-refractivity contribution in [3.8, 4) is 5.75 Å². The second kappa shape index (κ2) is 7.69. The van der Waals surface area contributed by atoms with Crippen LogP contribution in [0.5, 0.6) is 5.75 Å². The minimum absolute atomic E-state index is 0.0726. The van der Waals surface area contributed by atoms with Crippen LogP contribution in [0.25, 0.3) is 10.9 Å². The number of methoxy groups -OCH3 is 1. The molecule has 2 heterocycles. The van der Waals surface area contributed by atoms with E-state index in [2.05, 4.69) is 15.5 Å². The van der Waals surface area contributed by atoms with Crippen LogP contribution in [-0.2, 0) is 16.9 Å². The Morgan fingerprint density at radius 3 is 2.62 bits per heavy atom. The smallest absolute Gasteiger partial charge is 0.293 e. The molecule has 0 aliphatic rings. The first-order valence-corrected chi connectivity index (χ1v) is 9.55. The number of hydrogen-bond acceptors (Lipinski definition) is 5. The average molecular weight is 397 g/mol. The number of hydrogen-bond donors (Lipinski definition) is 1. The van der Waals surface area contributed by atoms with Gasteiger partial charge in [-0.1, -0.05) is 19.9 Å². The van der Waals surface area contributed by atoms with Gasteiger partial charge in [-0.3, -0.25) is 14.3 Å². The first kappa shape index (κ1) is 20.6. The lowest BCUT2D eigenvalue weighted by Gasteiger charge is -2.21. The van der Waals surface area contributed by atoms with Gasteiger partial charge in [-0.2, -0.15) is 10.2 Å². The number of ether oxygens (including phenoxy) is 1. The molecule has 0 unspecified atom stereocenters. The van der Waals surface area contributed by atoms with Gasteiger partial charge in [0.05, 0.1) is 24.5 Å². The predicted molar refractivity (Wildman–Crippen MR) is 112 cm³/mol. The van der Waals surface area contributed by atoms with Crippen molar-refractivity contribution in [2.24, 2.45) is 0 Å². The highest BCUT2D eigenvalue weighted by atomic mass is 16.5. The summed E-state index contributed by atoms with van der Waals surface area (Å²) in [6.45, 7) is 9.75. The summed E-state index contributed by atoms with van der Waals surface area (Å²) in [5, 5.41) is 12.4. The van der Waals surface area contributed by atoms with E-state index in [0.29, 0.717) is 17.0 Å². The van der Waals surface area contributed by atoms with Gasteiger partial charge in [-0.25, -0.2) is 4.68 Å². The molecule has 8 nitrogen and oxygen atoms in total. The summed E-state index contributed by atoms with van der Waals surface area (Å²) in [4.78, 5) is 25.8. The molecule has 1 amide bonds. The van der Waals surface area contributed by atoms with Crippen molar-refractivity contribution in [3.63, 3.8) is 0 Å². The molecule has 1 N–H and O–H groups in total. The molecular formula is C21H27N5O3. The molecule has 2 aromatic heterocycles. The van der Waals surface area contributed by atoms with Crippen molar-refractivity contribution in [2.75, 3.05) is 12.4 Å². The van der Waals surface area contributed by atoms with Gasteiger partial charge in [-0.05, 0) is 38.8 Å². The number of rotatable bonds is 5. The van der Waals surface area contributed by atoms with Gasteiger partial charge < -0.3 is 10.1 Å². The van der Waals surface area contributed by atoms with Crippen molar-refractivity contribution >= 4 is 22.5 Å². The Morgan fingerprint density at radius 1 is 1.28 bits per heavy atom. The highest BCUT2D eigenvalue weighted by Gasteiger charge is 2.24. The van der Waals surface area contributed by atoms with Gasteiger partial charge in [0.2, 0.25) is 5.91 Å². The largest absolute Gasteiger partial charge is 0.497 e. The second-order valence-corrected chi connectivity index (χ2v) is 8.27. The molecule has 0 radical (unpaired) electrons. The van der Waals surface area contributed by atoms with Crippen molar-refractivity contribution in [2.45, 2.75) is 52.6 Å². The molecule has 0 atom stereocenters. The molecule has 1 aromatic carbocycles. The minimum atomic E-state index is -0.378. The Morgan fingerprint density at radius 2 is 2.00 bits per heavy atom. The summed E-state index contributed by atoms with van der Waals surface area (Å²) < 4.78 is 8.09. The maximum Gasteiger partial charge on any atom is 0.293 e. The summed E-state index contributed by atoms with van der Waals surface area (Å²) in [5.74, 6) is 0.364. The van der Waals surface area contributed by atoms with Crippen molar-refractivity contribution in [3.05, 3.63) is 46.5 Å². The first-order chi connectivity index (χ1) is 13.6. The standard InChI is InChI=1S/C21H27N5O3/c1-13(2)18-16-11-22-26(21(3,4)5)19(16)20(28)25(24-18)12-17(27)23-14-8-7-9-15(10-14)29-6/h7-11,13H,12H2,1-6H3,(H,23,27). The lowest BCUT2D eigenvalue weighted by molar-refractivity contribution is -0.117. The van der Waals surface area contributed by atoms with Crippen LogP contribution in [-0.4, -0.2) is 32.6 Å². The van der Waals surface area contributed by atoms with Crippen LogP contribution < -0.4 is 15.6 Å². The van der Waals surface area contributed by atoms with Gasteiger partial charge in [0.15, 0.2) is 0 Å². The normalized spacial score (nSPS) is 11.8. The van der Waals surface area contributed by atoms with Gasteiger partial charge in [0.1, 0.15) is 17.8 Å². The van der Waals surface area contributed by atoms with E-state index in [1.807, 2.05) is 34.6 Å². The minimum Gasteiger partial charge on any atom is -0.497 e. The third kappa shape index (κ3) is 4.16. The van der Waals surface area contributed by atoms with Crippen molar-refractivity contribution in [1.29, 1.82) is 0 Å². The monoisotopic (exact) mass is 397 g/mol. The fourth-order valence-electron chi connectivity index (χ4n) is 3.17. The van der Waals surface area contributed by atoms with Crippen LogP contribution in [0.4, 0.5) is 5.69 Å². The molecule has 8 heteroatoms. The molecule has 0 bridgehead atoms. The zero-order valence-corrected chi connectivity index (χ0v) is 17.7. The third-order valence-electron chi connectivity index (χ3n) is 4.54. The third-order valence-corrected chi connectivity index (χ3v) is 4.54. The molecule has 0 aliphatic carbocycles. The SMILES string of the molecule is COc1cccc(NC(=O)Cn2nc(C(C)C)c3cnn(C(C)(C)C)c3c2=O)c1. The van der Waals surface area contributed by atoms with Crippen molar-refractivity contribution < 1.29 is 9.53 Å². The molecule has 0 aliphatic heterocycles. The van der Waals surface area contributed by atoms with Crippen LogP contribution in [0.2, 0.25) is 0 Å². The zero-order valence-electron chi connectivity index (χ0n) is 17.7. The number of carbonyl (C=O) groups is 1. The summed E-state index contributed by atoms with van der Waals surface area (Å²) in [6.07, 6.45) is 1.69. The molecule has 29 heavy (non-hydrogen) atoms. The summed E-state index contributed by atoms with van der Waals surface area (Å²) >= 11 is 0. The molecule has 0 saturated carbocycles. The van der Waals surface area contributed by atoms with E-state index in [4.69, 9.17) is 4.74 Å². The van der Waals surface area contributed by atoms with Gasteiger partial charge >= 0.3 is 0 Å². The molecule has 0 fully saturated rings. The number of nitrogens with one attached hydrogen (secondary N) is 1. The lowest BCUT2D eigenvalue weighted by atomic mass is 10.1. The molecule has 0 saturated heterocycles. The van der Waals surface area contributed by atoms with E-state index in [9.17, 15) is 9.59 Å².